The fraction of sp³-hybridized carbons (Fsp3) is 0.857. The number of hydrogen-bond acceptors (Lipinski definition) is 4. The van der Waals surface area contributed by atoms with Crippen molar-refractivity contribution in [1.29, 1.82) is 0 Å². The van der Waals surface area contributed by atoms with E-state index in [1.165, 1.54) is 0 Å². The van der Waals surface area contributed by atoms with Crippen molar-refractivity contribution in [3.05, 3.63) is 0 Å². The van der Waals surface area contributed by atoms with E-state index in [4.69, 9.17) is 14.9 Å². The summed E-state index contributed by atoms with van der Waals surface area (Å²) < 4.78 is 5.35. The molecule has 0 bridgehead atoms. The van der Waals surface area contributed by atoms with Crippen molar-refractivity contribution in [2.24, 2.45) is 5.92 Å². The number of carboxylic acid groups (broad SMARTS) is 1. The highest BCUT2D eigenvalue weighted by molar-refractivity contribution is 5.74. The molecule has 21 heavy (non-hydrogen) atoms. The number of carbonyl (C=O) groups is 2. The first-order valence-corrected chi connectivity index (χ1v) is 7.62. The van der Waals surface area contributed by atoms with Gasteiger partial charge in [0.05, 0.1) is 6.10 Å². The van der Waals surface area contributed by atoms with Gasteiger partial charge in [0.15, 0.2) is 6.10 Å². The van der Waals surface area contributed by atoms with Crippen LogP contribution in [0.25, 0.3) is 0 Å². The maximum Gasteiger partial charge on any atom is 0.332 e. The number of aliphatic hydroxyl groups excluding tert-OH is 1. The topological polar surface area (TPSA) is 99.1 Å². The van der Waals surface area contributed by atoms with Gasteiger partial charge in [-0.1, -0.05) is 0 Å². The molecule has 2 saturated heterocycles. The lowest BCUT2D eigenvalue weighted by Gasteiger charge is -2.32. The molecule has 0 radical (unpaired) electrons. The van der Waals surface area contributed by atoms with E-state index in [0.717, 1.165) is 25.8 Å². The van der Waals surface area contributed by atoms with Gasteiger partial charge in [0.25, 0.3) is 0 Å². The van der Waals surface area contributed by atoms with Crippen LogP contribution in [0, 0.1) is 5.92 Å². The highest BCUT2D eigenvalue weighted by Crippen LogP contribution is 2.21. The first-order valence-electron chi connectivity index (χ1n) is 7.62. The number of ether oxygens (including phenoxy) is 1. The van der Waals surface area contributed by atoms with Gasteiger partial charge in [0, 0.05) is 26.2 Å². The van der Waals surface area contributed by atoms with Crippen LogP contribution < -0.4 is 5.32 Å². The van der Waals surface area contributed by atoms with Crippen LogP contribution in [0.1, 0.15) is 32.1 Å². The second kappa shape index (κ2) is 7.61. The lowest BCUT2D eigenvalue weighted by Crippen LogP contribution is -2.47. The summed E-state index contributed by atoms with van der Waals surface area (Å²) in [7, 11) is 0. The lowest BCUT2D eigenvalue weighted by atomic mass is 9.95. The summed E-state index contributed by atoms with van der Waals surface area (Å²) in [6.45, 7) is 1.92. The molecule has 0 aromatic rings. The minimum atomic E-state index is -0.938. The Morgan fingerprint density at radius 2 is 2.10 bits per heavy atom. The quantitative estimate of drug-likeness (QED) is 0.683. The molecule has 3 atom stereocenters. The van der Waals surface area contributed by atoms with Crippen molar-refractivity contribution < 1.29 is 24.5 Å². The van der Waals surface area contributed by atoms with Crippen molar-refractivity contribution in [3.63, 3.8) is 0 Å². The van der Waals surface area contributed by atoms with E-state index < -0.39 is 12.1 Å². The molecule has 2 aliphatic heterocycles. The molecule has 3 unspecified atom stereocenters. The molecule has 7 heteroatoms. The zero-order chi connectivity index (χ0) is 15.2. The predicted molar refractivity (Wildman–Crippen MR) is 74.9 cm³/mol. The lowest BCUT2D eigenvalue weighted by molar-refractivity contribution is -0.149. The summed E-state index contributed by atoms with van der Waals surface area (Å²) in [5.41, 5.74) is 0. The van der Waals surface area contributed by atoms with Crippen LogP contribution in [0.2, 0.25) is 0 Å². The van der Waals surface area contributed by atoms with Crippen molar-refractivity contribution in [2.75, 3.05) is 26.2 Å². The summed E-state index contributed by atoms with van der Waals surface area (Å²) in [5.74, 6) is -0.569. The number of urea groups is 1. The standard InChI is InChI=1S/C14H24N2O5/c17-7-5-10-2-1-6-16(9-10)14(20)15-8-11-3-4-12(21-11)13(18)19/h10-12,17H,1-9H2,(H,15,20)(H,18,19). The Morgan fingerprint density at radius 1 is 1.29 bits per heavy atom. The number of likely N-dealkylation sites (tertiary alicyclic amines) is 1. The third-order valence-corrected chi connectivity index (χ3v) is 4.21. The third-order valence-electron chi connectivity index (χ3n) is 4.21. The molecule has 0 aliphatic carbocycles. The van der Waals surface area contributed by atoms with Gasteiger partial charge >= 0.3 is 12.0 Å². The van der Waals surface area contributed by atoms with Crippen LogP contribution in [0.3, 0.4) is 0 Å². The Hall–Kier alpha value is -1.34. The van der Waals surface area contributed by atoms with E-state index in [1.54, 1.807) is 4.90 Å². The Morgan fingerprint density at radius 3 is 2.76 bits per heavy atom. The van der Waals surface area contributed by atoms with Gasteiger partial charge in [0.2, 0.25) is 0 Å². The zero-order valence-electron chi connectivity index (χ0n) is 12.2. The van der Waals surface area contributed by atoms with E-state index in [1.807, 2.05) is 0 Å². The molecule has 2 rings (SSSR count). The monoisotopic (exact) mass is 300 g/mol. The fourth-order valence-electron chi connectivity index (χ4n) is 3.02. The first-order chi connectivity index (χ1) is 10.1. The normalized spacial score (nSPS) is 29.4. The maximum absolute atomic E-state index is 12.1. The highest BCUT2D eigenvalue weighted by Gasteiger charge is 2.31. The number of aliphatic hydroxyl groups is 1. The van der Waals surface area contributed by atoms with Crippen molar-refractivity contribution in [3.8, 4) is 0 Å². The number of nitrogens with zero attached hydrogens (tertiary/aromatic N) is 1. The SMILES string of the molecule is O=C(O)C1CCC(CNC(=O)N2CCCC(CCO)C2)O1. The number of nitrogens with one attached hydrogen (secondary N) is 1. The molecule has 2 fully saturated rings. The van der Waals surface area contributed by atoms with Crippen molar-refractivity contribution in [1.82, 2.24) is 10.2 Å². The third kappa shape index (κ3) is 4.57. The van der Waals surface area contributed by atoms with Gasteiger partial charge in [-0.05, 0) is 38.0 Å². The Balaban J connectivity index is 1.71. The van der Waals surface area contributed by atoms with Gasteiger partial charge < -0.3 is 25.2 Å². The number of carboxylic acids is 1. The largest absolute Gasteiger partial charge is 0.479 e. The predicted octanol–water partition coefficient (Wildman–Crippen LogP) is 0.423. The molecule has 0 aromatic heterocycles. The van der Waals surface area contributed by atoms with Crippen molar-refractivity contribution >= 4 is 12.0 Å². The summed E-state index contributed by atoms with van der Waals surface area (Å²) in [6.07, 6.45) is 2.94. The highest BCUT2D eigenvalue weighted by atomic mass is 16.5. The van der Waals surface area contributed by atoms with Gasteiger partial charge in [-0.3, -0.25) is 0 Å². The second-order valence-corrected chi connectivity index (χ2v) is 5.81. The minimum absolute atomic E-state index is 0.125. The number of rotatable bonds is 5. The summed E-state index contributed by atoms with van der Waals surface area (Å²) in [6, 6.07) is -0.125. The molecular formula is C14H24N2O5. The van der Waals surface area contributed by atoms with Crippen LogP contribution in [0.5, 0.6) is 0 Å². The summed E-state index contributed by atoms with van der Waals surface area (Å²) >= 11 is 0. The van der Waals surface area contributed by atoms with Crippen molar-refractivity contribution in [2.45, 2.75) is 44.3 Å². The van der Waals surface area contributed by atoms with E-state index in [-0.39, 0.29) is 18.7 Å². The molecular weight excluding hydrogens is 276 g/mol. The molecule has 0 spiro atoms. The zero-order valence-corrected chi connectivity index (χ0v) is 12.2. The average molecular weight is 300 g/mol. The van der Waals surface area contributed by atoms with Gasteiger partial charge in [0.1, 0.15) is 0 Å². The molecule has 0 aromatic carbocycles. The number of hydrogen-bond donors (Lipinski definition) is 3. The summed E-state index contributed by atoms with van der Waals surface area (Å²) in [5, 5.41) is 20.7. The van der Waals surface area contributed by atoms with Crippen LogP contribution in [0.4, 0.5) is 4.79 Å². The maximum atomic E-state index is 12.1. The molecule has 2 amide bonds. The molecule has 120 valence electrons. The molecule has 3 N–H and O–H groups in total. The Bertz CT molecular complexity index is 374. The Labute approximate surface area is 124 Å². The Kier molecular flexibility index (Phi) is 5.81. The molecule has 0 saturated carbocycles. The van der Waals surface area contributed by atoms with E-state index in [0.29, 0.717) is 31.8 Å². The average Bonchev–Trinajstić information content (AvgIpc) is 2.94. The van der Waals surface area contributed by atoms with E-state index in [2.05, 4.69) is 5.32 Å². The number of piperidine rings is 1. The van der Waals surface area contributed by atoms with Crippen LogP contribution in [-0.4, -0.2) is 65.6 Å². The van der Waals surface area contributed by atoms with Crippen LogP contribution >= 0.6 is 0 Å². The molecule has 2 heterocycles. The number of amides is 2. The number of aliphatic carboxylic acids is 1. The van der Waals surface area contributed by atoms with Gasteiger partial charge in [-0.2, -0.15) is 0 Å². The second-order valence-electron chi connectivity index (χ2n) is 5.81. The fourth-order valence-corrected chi connectivity index (χ4v) is 3.02. The van der Waals surface area contributed by atoms with Crippen LogP contribution in [0.15, 0.2) is 0 Å². The first kappa shape index (κ1) is 16.0. The molecule has 2 aliphatic rings. The van der Waals surface area contributed by atoms with Crippen LogP contribution in [-0.2, 0) is 9.53 Å². The van der Waals surface area contributed by atoms with E-state index >= 15 is 0 Å². The number of carbonyl (C=O) groups excluding carboxylic acids is 1. The smallest absolute Gasteiger partial charge is 0.332 e. The van der Waals surface area contributed by atoms with E-state index in [9.17, 15) is 9.59 Å². The molecule has 7 nitrogen and oxygen atoms in total. The van der Waals surface area contributed by atoms with Gasteiger partial charge in [-0.25, -0.2) is 9.59 Å². The van der Waals surface area contributed by atoms with Gasteiger partial charge in [-0.15, -0.1) is 0 Å². The minimum Gasteiger partial charge on any atom is -0.479 e. The summed E-state index contributed by atoms with van der Waals surface area (Å²) in [4.78, 5) is 24.7.